The van der Waals surface area contributed by atoms with Crippen LogP contribution in [0.1, 0.15) is 11.7 Å². The van der Waals surface area contributed by atoms with Crippen LogP contribution in [0.3, 0.4) is 0 Å². The zero-order valence-corrected chi connectivity index (χ0v) is 11.0. The average molecular weight is 265 g/mol. The Morgan fingerprint density at radius 2 is 1.84 bits per heavy atom. The van der Waals surface area contributed by atoms with E-state index in [1.807, 2.05) is 0 Å². The first-order valence-electron chi connectivity index (χ1n) is 6.39. The molecule has 0 spiro atoms. The second kappa shape index (κ2) is 6.10. The first-order valence-corrected chi connectivity index (χ1v) is 6.39. The van der Waals surface area contributed by atoms with Gasteiger partial charge in [-0.15, -0.1) is 0 Å². The Morgan fingerprint density at radius 3 is 2.37 bits per heavy atom. The molecule has 6 nitrogen and oxygen atoms in total. The van der Waals surface area contributed by atoms with Crippen LogP contribution >= 0.6 is 0 Å². The Kier molecular flexibility index (Phi) is 4.47. The summed E-state index contributed by atoms with van der Waals surface area (Å²) < 4.78 is 0. The van der Waals surface area contributed by atoms with E-state index in [4.69, 9.17) is 0 Å². The van der Waals surface area contributed by atoms with E-state index in [-0.39, 0.29) is 5.69 Å². The van der Waals surface area contributed by atoms with Crippen molar-refractivity contribution in [1.82, 2.24) is 9.80 Å². The number of aliphatic hydroxyl groups excluding tert-OH is 1. The van der Waals surface area contributed by atoms with E-state index < -0.39 is 11.0 Å². The van der Waals surface area contributed by atoms with Crippen molar-refractivity contribution in [2.75, 3.05) is 39.8 Å². The number of nitro groups is 1. The van der Waals surface area contributed by atoms with Crippen molar-refractivity contribution in [3.63, 3.8) is 0 Å². The molecule has 19 heavy (non-hydrogen) atoms. The molecule has 2 rings (SSSR count). The molecule has 1 saturated heterocycles. The number of piperazine rings is 1. The SMILES string of the molecule is CN1CCN(C[C@H](O)c2ccc([N+](=O)[O-])cc2)CC1. The zero-order valence-electron chi connectivity index (χ0n) is 11.0. The number of non-ortho nitro benzene ring substituents is 1. The summed E-state index contributed by atoms with van der Waals surface area (Å²) in [5.41, 5.74) is 0.778. The molecule has 6 heteroatoms. The number of nitrogens with zero attached hydrogens (tertiary/aromatic N) is 3. The van der Waals surface area contributed by atoms with Crippen LogP contribution in [0.25, 0.3) is 0 Å². The van der Waals surface area contributed by atoms with Crippen LogP contribution in [-0.2, 0) is 0 Å². The summed E-state index contributed by atoms with van der Waals surface area (Å²) in [5, 5.41) is 20.7. The molecular formula is C13H19N3O3. The van der Waals surface area contributed by atoms with Crippen LogP contribution in [0.5, 0.6) is 0 Å². The summed E-state index contributed by atoms with van der Waals surface area (Å²) >= 11 is 0. The summed E-state index contributed by atoms with van der Waals surface area (Å²) in [7, 11) is 2.09. The third-order valence-electron chi connectivity index (χ3n) is 3.52. The molecule has 0 aliphatic carbocycles. The molecule has 1 aliphatic rings. The fourth-order valence-corrected chi connectivity index (χ4v) is 2.20. The van der Waals surface area contributed by atoms with Crippen LogP contribution in [0, 0.1) is 10.1 Å². The van der Waals surface area contributed by atoms with Gasteiger partial charge in [-0.2, -0.15) is 0 Å². The van der Waals surface area contributed by atoms with E-state index in [0.717, 1.165) is 31.7 Å². The summed E-state index contributed by atoms with van der Waals surface area (Å²) in [5.74, 6) is 0. The summed E-state index contributed by atoms with van der Waals surface area (Å²) in [6, 6.07) is 6.11. The molecule has 1 heterocycles. The second-order valence-electron chi connectivity index (χ2n) is 4.97. The number of likely N-dealkylation sites (N-methyl/N-ethyl adjacent to an activating group) is 1. The highest BCUT2D eigenvalue weighted by atomic mass is 16.6. The Hall–Kier alpha value is -1.50. The molecule has 1 fully saturated rings. The van der Waals surface area contributed by atoms with Crippen molar-refractivity contribution in [3.8, 4) is 0 Å². The Labute approximate surface area is 112 Å². The second-order valence-corrected chi connectivity index (χ2v) is 4.97. The number of aliphatic hydroxyl groups is 1. The standard InChI is InChI=1S/C13H19N3O3/c1-14-6-8-15(9-7-14)10-13(17)11-2-4-12(5-3-11)16(18)19/h2-5,13,17H,6-10H2,1H3/t13-/m0/s1. The average Bonchev–Trinajstić information content (AvgIpc) is 2.41. The van der Waals surface area contributed by atoms with Crippen LogP contribution in [0.4, 0.5) is 5.69 Å². The number of benzene rings is 1. The minimum Gasteiger partial charge on any atom is -0.387 e. The predicted molar refractivity (Wildman–Crippen MR) is 72.0 cm³/mol. The van der Waals surface area contributed by atoms with Gasteiger partial charge < -0.3 is 10.0 Å². The van der Waals surface area contributed by atoms with Crippen molar-refractivity contribution in [2.45, 2.75) is 6.10 Å². The molecule has 0 bridgehead atoms. The molecular weight excluding hydrogens is 246 g/mol. The molecule has 0 amide bonds. The fraction of sp³-hybridized carbons (Fsp3) is 0.538. The van der Waals surface area contributed by atoms with Crippen molar-refractivity contribution >= 4 is 5.69 Å². The monoisotopic (exact) mass is 265 g/mol. The number of hydrogen-bond donors (Lipinski definition) is 1. The highest BCUT2D eigenvalue weighted by Gasteiger charge is 2.18. The third kappa shape index (κ3) is 3.73. The van der Waals surface area contributed by atoms with E-state index in [1.54, 1.807) is 12.1 Å². The first-order chi connectivity index (χ1) is 9.06. The summed E-state index contributed by atoms with van der Waals surface area (Å²) in [6.45, 7) is 4.48. The smallest absolute Gasteiger partial charge is 0.269 e. The summed E-state index contributed by atoms with van der Waals surface area (Å²) in [4.78, 5) is 14.6. The van der Waals surface area contributed by atoms with Gasteiger partial charge in [-0.05, 0) is 24.7 Å². The number of rotatable bonds is 4. The van der Waals surface area contributed by atoms with Crippen molar-refractivity contribution in [1.29, 1.82) is 0 Å². The minimum absolute atomic E-state index is 0.0514. The number of nitro benzene ring substituents is 1. The van der Waals surface area contributed by atoms with E-state index in [1.165, 1.54) is 12.1 Å². The predicted octanol–water partition coefficient (Wildman–Crippen LogP) is 0.876. The van der Waals surface area contributed by atoms with E-state index in [0.29, 0.717) is 6.54 Å². The number of hydrogen-bond acceptors (Lipinski definition) is 5. The quantitative estimate of drug-likeness (QED) is 0.646. The maximum absolute atomic E-state index is 10.6. The minimum atomic E-state index is -0.593. The Balaban J connectivity index is 1.92. The van der Waals surface area contributed by atoms with Crippen molar-refractivity contribution < 1.29 is 10.0 Å². The fourth-order valence-electron chi connectivity index (χ4n) is 2.20. The molecule has 1 aromatic rings. The lowest BCUT2D eigenvalue weighted by molar-refractivity contribution is -0.384. The van der Waals surface area contributed by atoms with Gasteiger partial charge in [0.1, 0.15) is 0 Å². The van der Waals surface area contributed by atoms with Crippen molar-refractivity contribution in [2.24, 2.45) is 0 Å². The number of β-amino-alcohol motifs (C(OH)–C–C–N with tert-alkyl or cyclic N) is 1. The van der Waals surface area contributed by atoms with Gasteiger partial charge in [0.05, 0.1) is 11.0 Å². The van der Waals surface area contributed by atoms with E-state index >= 15 is 0 Å². The van der Waals surface area contributed by atoms with Crippen molar-refractivity contribution in [3.05, 3.63) is 39.9 Å². The van der Waals surface area contributed by atoms with Crippen LogP contribution < -0.4 is 0 Å². The van der Waals surface area contributed by atoms with E-state index in [2.05, 4.69) is 16.8 Å². The highest BCUT2D eigenvalue weighted by molar-refractivity contribution is 5.33. The molecule has 0 unspecified atom stereocenters. The van der Waals surface area contributed by atoms with E-state index in [9.17, 15) is 15.2 Å². The van der Waals surface area contributed by atoms with Gasteiger partial charge in [-0.3, -0.25) is 15.0 Å². The van der Waals surface area contributed by atoms with Gasteiger partial charge in [0.15, 0.2) is 0 Å². The van der Waals surface area contributed by atoms with Gasteiger partial charge in [0.25, 0.3) is 5.69 Å². The van der Waals surface area contributed by atoms with Crippen LogP contribution in [-0.4, -0.2) is 59.6 Å². The Morgan fingerprint density at radius 1 is 1.26 bits per heavy atom. The zero-order chi connectivity index (χ0) is 13.8. The molecule has 1 aromatic carbocycles. The lowest BCUT2D eigenvalue weighted by Gasteiger charge is -2.33. The van der Waals surface area contributed by atoms with Gasteiger partial charge in [-0.25, -0.2) is 0 Å². The van der Waals surface area contributed by atoms with Crippen LogP contribution in [0.15, 0.2) is 24.3 Å². The van der Waals surface area contributed by atoms with Gasteiger partial charge >= 0.3 is 0 Å². The van der Waals surface area contributed by atoms with Gasteiger partial charge in [0.2, 0.25) is 0 Å². The van der Waals surface area contributed by atoms with Gasteiger partial charge in [-0.1, -0.05) is 0 Å². The third-order valence-corrected chi connectivity index (χ3v) is 3.52. The molecule has 1 aliphatic heterocycles. The lowest BCUT2D eigenvalue weighted by Crippen LogP contribution is -2.45. The first kappa shape index (κ1) is 13.9. The molecule has 1 atom stereocenters. The lowest BCUT2D eigenvalue weighted by atomic mass is 10.1. The maximum atomic E-state index is 10.6. The molecule has 0 saturated carbocycles. The molecule has 1 N–H and O–H groups in total. The molecule has 0 aromatic heterocycles. The van der Waals surface area contributed by atoms with Gasteiger partial charge in [0, 0.05) is 44.9 Å². The maximum Gasteiger partial charge on any atom is 0.269 e. The normalized spacial score (nSPS) is 19.3. The highest BCUT2D eigenvalue weighted by Crippen LogP contribution is 2.19. The largest absolute Gasteiger partial charge is 0.387 e. The molecule has 0 radical (unpaired) electrons. The topological polar surface area (TPSA) is 69.8 Å². The van der Waals surface area contributed by atoms with Crippen LogP contribution in [0.2, 0.25) is 0 Å². The Bertz CT molecular complexity index is 427. The summed E-state index contributed by atoms with van der Waals surface area (Å²) in [6.07, 6.45) is -0.593. The molecule has 104 valence electrons.